The first-order valence-electron chi connectivity index (χ1n) is 9.33. The summed E-state index contributed by atoms with van der Waals surface area (Å²) in [7, 11) is 3.33. The summed E-state index contributed by atoms with van der Waals surface area (Å²) in [6, 6.07) is 5.85. The molecule has 6 nitrogen and oxygen atoms in total. The third kappa shape index (κ3) is 3.99. The molecule has 2 unspecified atom stereocenters. The molecule has 0 bridgehead atoms. The third-order valence-electron chi connectivity index (χ3n) is 5.09. The molecule has 8 heteroatoms. The summed E-state index contributed by atoms with van der Waals surface area (Å²) in [5.41, 5.74) is 2.06. The summed E-state index contributed by atoms with van der Waals surface area (Å²) in [6.07, 6.45) is 6.53. The SMILES string of the molecule is COc1cc(F)cc(F)c1C1CN(C2N=C(c3ccncc3)C=CN2C)CCO1. The summed E-state index contributed by atoms with van der Waals surface area (Å²) in [5.74, 6) is -1.21. The topological polar surface area (TPSA) is 50.2 Å². The first-order valence-corrected chi connectivity index (χ1v) is 9.33. The Hall–Kier alpha value is -2.84. The van der Waals surface area contributed by atoms with Gasteiger partial charge in [0.05, 0.1) is 25.0 Å². The lowest BCUT2D eigenvalue weighted by Crippen LogP contribution is -2.50. The van der Waals surface area contributed by atoms with E-state index in [-0.39, 0.29) is 17.6 Å². The molecule has 4 rings (SSSR count). The normalized spacial score (nSPS) is 22.5. The number of allylic oxidation sites excluding steroid dienone is 1. The van der Waals surface area contributed by atoms with Gasteiger partial charge in [-0.15, -0.1) is 0 Å². The highest BCUT2D eigenvalue weighted by atomic mass is 19.1. The molecule has 29 heavy (non-hydrogen) atoms. The largest absolute Gasteiger partial charge is 0.496 e. The Morgan fingerprint density at radius 2 is 2.00 bits per heavy atom. The number of ether oxygens (including phenoxy) is 2. The van der Waals surface area contributed by atoms with E-state index in [2.05, 4.69) is 9.88 Å². The maximum Gasteiger partial charge on any atom is 0.178 e. The Morgan fingerprint density at radius 1 is 1.21 bits per heavy atom. The number of aromatic nitrogens is 1. The molecule has 0 radical (unpaired) electrons. The fourth-order valence-corrected chi connectivity index (χ4v) is 3.65. The average molecular weight is 400 g/mol. The third-order valence-corrected chi connectivity index (χ3v) is 5.09. The van der Waals surface area contributed by atoms with E-state index in [4.69, 9.17) is 14.5 Å². The number of methoxy groups -OCH3 is 1. The van der Waals surface area contributed by atoms with E-state index in [1.165, 1.54) is 13.2 Å². The zero-order chi connectivity index (χ0) is 20.4. The Bertz CT molecular complexity index is 936. The lowest BCUT2D eigenvalue weighted by molar-refractivity contribution is -0.0652. The maximum absolute atomic E-state index is 14.5. The lowest BCUT2D eigenvalue weighted by Gasteiger charge is -2.41. The van der Waals surface area contributed by atoms with Crippen molar-refractivity contribution in [3.05, 3.63) is 71.7 Å². The minimum absolute atomic E-state index is 0.146. The highest BCUT2D eigenvalue weighted by Crippen LogP contribution is 2.34. The summed E-state index contributed by atoms with van der Waals surface area (Å²) in [5, 5.41) is 0. The zero-order valence-electron chi connectivity index (χ0n) is 16.3. The van der Waals surface area contributed by atoms with Crippen LogP contribution >= 0.6 is 0 Å². The van der Waals surface area contributed by atoms with Gasteiger partial charge in [-0.25, -0.2) is 13.8 Å². The molecule has 2 aliphatic heterocycles. The van der Waals surface area contributed by atoms with Crippen molar-refractivity contribution in [3.63, 3.8) is 0 Å². The van der Waals surface area contributed by atoms with Crippen LogP contribution in [0.25, 0.3) is 0 Å². The second kappa shape index (κ2) is 8.26. The van der Waals surface area contributed by atoms with E-state index in [0.717, 1.165) is 17.3 Å². The Morgan fingerprint density at radius 3 is 2.76 bits per heavy atom. The van der Waals surface area contributed by atoms with Crippen molar-refractivity contribution in [2.24, 2.45) is 4.99 Å². The van der Waals surface area contributed by atoms with Crippen molar-refractivity contribution in [1.82, 2.24) is 14.8 Å². The molecule has 1 aromatic heterocycles. The minimum Gasteiger partial charge on any atom is -0.496 e. The number of aliphatic imine (C=N–C) groups is 1. The lowest BCUT2D eigenvalue weighted by atomic mass is 10.0. The monoisotopic (exact) mass is 400 g/mol. The van der Waals surface area contributed by atoms with E-state index >= 15 is 0 Å². The minimum atomic E-state index is -0.681. The van der Waals surface area contributed by atoms with Gasteiger partial charge in [0, 0.05) is 56.4 Å². The smallest absolute Gasteiger partial charge is 0.178 e. The summed E-state index contributed by atoms with van der Waals surface area (Å²) >= 11 is 0. The number of nitrogens with zero attached hydrogens (tertiary/aromatic N) is 4. The van der Waals surface area contributed by atoms with Crippen LogP contribution in [0, 0.1) is 11.6 Å². The summed E-state index contributed by atoms with van der Waals surface area (Å²) < 4.78 is 39.1. The van der Waals surface area contributed by atoms with Crippen LogP contribution in [0.3, 0.4) is 0 Å². The van der Waals surface area contributed by atoms with Gasteiger partial charge in [-0.3, -0.25) is 9.88 Å². The predicted octanol–water partition coefficient (Wildman–Crippen LogP) is 2.97. The van der Waals surface area contributed by atoms with E-state index in [1.807, 2.05) is 36.4 Å². The molecule has 0 spiro atoms. The van der Waals surface area contributed by atoms with Crippen LogP contribution in [0.15, 0.2) is 53.9 Å². The number of rotatable bonds is 4. The number of benzene rings is 1. The van der Waals surface area contributed by atoms with E-state index in [9.17, 15) is 8.78 Å². The highest BCUT2D eigenvalue weighted by Gasteiger charge is 2.33. The number of hydrogen-bond donors (Lipinski definition) is 0. The molecule has 0 amide bonds. The van der Waals surface area contributed by atoms with Gasteiger partial charge in [-0.1, -0.05) is 0 Å². The quantitative estimate of drug-likeness (QED) is 0.790. The van der Waals surface area contributed by atoms with Gasteiger partial charge in [-0.05, 0) is 18.2 Å². The summed E-state index contributed by atoms with van der Waals surface area (Å²) in [6.45, 7) is 1.44. The first kappa shape index (κ1) is 19.5. The second-order valence-electron chi connectivity index (χ2n) is 6.94. The van der Waals surface area contributed by atoms with Crippen LogP contribution in [-0.4, -0.2) is 60.6 Å². The Kier molecular flexibility index (Phi) is 5.55. The molecule has 2 atom stereocenters. The fourth-order valence-electron chi connectivity index (χ4n) is 3.65. The molecule has 1 saturated heterocycles. The summed E-state index contributed by atoms with van der Waals surface area (Å²) in [4.78, 5) is 13.0. The van der Waals surface area contributed by atoms with Crippen LogP contribution in [0.4, 0.5) is 8.78 Å². The average Bonchev–Trinajstić information content (AvgIpc) is 2.74. The molecule has 1 fully saturated rings. The van der Waals surface area contributed by atoms with Gasteiger partial charge in [0.25, 0.3) is 0 Å². The van der Waals surface area contributed by atoms with E-state index in [0.29, 0.717) is 19.7 Å². The predicted molar refractivity (Wildman–Crippen MR) is 105 cm³/mol. The molecule has 2 aliphatic rings. The van der Waals surface area contributed by atoms with Gasteiger partial charge in [0.2, 0.25) is 0 Å². The zero-order valence-corrected chi connectivity index (χ0v) is 16.3. The molecule has 1 aromatic carbocycles. The van der Waals surface area contributed by atoms with E-state index in [1.54, 1.807) is 12.4 Å². The van der Waals surface area contributed by atoms with Gasteiger partial charge in [-0.2, -0.15) is 0 Å². The van der Waals surface area contributed by atoms with E-state index < -0.39 is 17.7 Å². The molecule has 0 aliphatic carbocycles. The molecule has 0 saturated carbocycles. The molecule has 152 valence electrons. The molecule has 0 N–H and O–H groups in total. The number of morpholine rings is 1. The van der Waals surface area contributed by atoms with Crippen molar-refractivity contribution < 1.29 is 18.3 Å². The van der Waals surface area contributed by atoms with Crippen LogP contribution < -0.4 is 4.74 Å². The van der Waals surface area contributed by atoms with Crippen LogP contribution in [0.2, 0.25) is 0 Å². The molecule has 2 aromatic rings. The van der Waals surface area contributed by atoms with Gasteiger partial charge < -0.3 is 14.4 Å². The van der Waals surface area contributed by atoms with Crippen LogP contribution in [-0.2, 0) is 4.74 Å². The van der Waals surface area contributed by atoms with Crippen LogP contribution in [0.5, 0.6) is 5.75 Å². The maximum atomic E-state index is 14.5. The second-order valence-corrected chi connectivity index (χ2v) is 6.94. The van der Waals surface area contributed by atoms with Gasteiger partial charge in [0.1, 0.15) is 23.5 Å². The Balaban J connectivity index is 1.60. The first-order chi connectivity index (χ1) is 14.1. The van der Waals surface area contributed by atoms with Crippen molar-refractivity contribution in [2.45, 2.75) is 12.4 Å². The van der Waals surface area contributed by atoms with Gasteiger partial charge >= 0.3 is 0 Å². The molecule has 3 heterocycles. The number of halogens is 2. The fraction of sp³-hybridized carbons (Fsp3) is 0.333. The number of hydrogen-bond acceptors (Lipinski definition) is 6. The van der Waals surface area contributed by atoms with Gasteiger partial charge in [0.15, 0.2) is 6.29 Å². The van der Waals surface area contributed by atoms with Crippen LogP contribution in [0.1, 0.15) is 17.2 Å². The molecular weight excluding hydrogens is 378 g/mol. The standard InChI is InChI=1S/C21H22F2N4O2/c1-26-8-5-17(14-3-6-24-7-4-14)25-21(26)27-9-10-29-19(13-27)20-16(23)11-15(22)12-18(20)28-2/h3-8,11-12,19,21H,9-10,13H2,1-2H3. The van der Waals surface area contributed by atoms with Crippen molar-refractivity contribution >= 4 is 5.71 Å². The Labute approximate surface area is 168 Å². The van der Waals surface area contributed by atoms with Crippen molar-refractivity contribution in [2.75, 3.05) is 33.9 Å². The van der Waals surface area contributed by atoms with Crippen molar-refractivity contribution in [1.29, 1.82) is 0 Å². The molecular formula is C21H22F2N4O2. The highest BCUT2D eigenvalue weighted by molar-refractivity contribution is 6.08. The number of pyridine rings is 1. The van der Waals surface area contributed by atoms with Crippen molar-refractivity contribution in [3.8, 4) is 5.75 Å².